The molecule has 8 nitrogen and oxygen atoms in total. The lowest BCUT2D eigenvalue weighted by molar-refractivity contribution is -0.384. The van der Waals surface area contributed by atoms with E-state index in [2.05, 4.69) is 15.1 Å². The predicted molar refractivity (Wildman–Crippen MR) is 114 cm³/mol. The maximum atomic E-state index is 12.1. The Bertz CT molecular complexity index is 1080. The fourth-order valence-electron chi connectivity index (χ4n) is 3.18. The summed E-state index contributed by atoms with van der Waals surface area (Å²) in [6, 6.07) is 15.6. The number of nitrogens with one attached hydrogen (secondary N) is 1. The molecule has 0 spiro atoms. The van der Waals surface area contributed by atoms with E-state index >= 15 is 0 Å². The third-order valence-corrected chi connectivity index (χ3v) is 4.71. The van der Waals surface area contributed by atoms with Crippen molar-refractivity contribution in [1.82, 2.24) is 9.99 Å². The van der Waals surface area contributed by atoms with Gasteiger partial charge in [-0.15, -0.1) is 0 Å². The third kappa shape index (κ3) is 4.72. The highest BCUT2D eigenvalue weighted by Crippen LogP contribution is 2.22. The lowest BCUT2D eigenvalue weighted by atomic mass is 10.1. The average Bonchev–Trinajstić information content (AvgIpc) is 3.01. The highest BCUT2D eigenvalue weighted by molar-refractivity contribution is 5.84. The van der Waals surface area contributed by atoms with Crippen molar-refractivity contribution in [2.75, 3.05) is 7.11 Å². The van der Waals surface area contributed by atoms with Crippen molar-refractivity contribution in [3.05, 3.63) is 87.2 Å². The summed E-state index contributed by atoms with van der Waals surface area (Å²) in [6.45, 7) is 3.99. The largest absolute Gasteiger partial charge is 0.497 e. The molecule has 3 aromatic rings. The van der Waals surface area contributed by atoms with E-state index in [0.717, 1.165) is 28.4 Å². The van der Waals surface area contributed by atoms with Gasteiger partial charge in [0.05, 0.1) is 24.7 Å². The van der Waals surface area contributed by atoms with Gasteiger partial charge >= 0.3 is 0 Å². The van der Waals surface area contributed by atoms with Gasteiger partial charge in [-0.25, -0.2) is 5.43 Å². The fourth-order valence-corrected chi connectivity index (χ4v) is 3.18. The monoisotopic (exact) mass is 406 g/mol. The van der Waals surface area contributed by atoms with Crippen LogP contribution in [-0.2, 0) is 11.2 Å². The number of rotatable bonds is 7. The summed E-state index contributed by atoms with van der Waals surface area (Å²) in [5.41, 5.74) is 7.09. The summed E-state index contributed by atoms with van der Waals surface area (Å²) in [5, 5.41) is 14.7. The number of carbonyl (C=O) groups excluding carboxylic acids is 1. The number of benzene rings is 2. The second-order valence-electron chi connectivity index (χ2n) is 6.75. The minimum atomic E-state index is -0.476. The molecule has 0 aliphatic heterocycles. The summed E-state index contributed by atoms with van der Waals surface area (Å²) < 4.78 is 7.30. The highest BCUT2D eigenvalue weighted by atomic mass is 16.6. The molecule has 2 aromatic carbocycles. The van der Waals surface area contributed by atoms with Crippen molar-refractivity contribution < 1.29 is 14.5 Å². The first-order valence-corrected chi connectivity index (χ1v) is 9.27. The van der Waals surface area contributed by atoms with Gasteiger partial charge in [-0.3, -0.25) is 14.9 Å². The Hall–Kier alpha value is -3.94. The van der Waals surface area contributed by atoms with E-state index in [4.69, 9.17) is 4.74 Å². The topological polar surface area (TPSA) is 98.8 Å². The van der Waals surface area contributed by atoms with Gasteiger partial charge in [-0.05, 0) is 49.7 Å². The zero-order valence-electron chi connectivity index (χ0n) is 17.0. The van der Waals surface area contributed by atoms with E-state index in [1.165, 1.54) is 12.1 Å². The van der Waals surface area contributed by atoms with Crippen LogP contribution in [0.1, 0.15) is 22.5 Å². The first-order chi connectivity index (χ1) is 14.4. The molecule has 1 heterocycles. The van der Waals surface area contributed by atoms with Crippen LogP contribution in [0.4, 0.5) is 5.69 Å². The van der Waals surface area contributed by atoms with Crippen LogP contribution in [-0.4, -0.2) is 28.7 Å². The van der Waals surface area contributed by atoms with E-state index in [9.17, 15) is 14.9 Å². The first kappa shape index (κ1) is 20.8. The predicted octanol–water partition coefficient (Wildman–Crippen LogP) is 3.70. The van der Waals surface area contributed by atoms with Gasteiger partial charge in [-0.1, -0.05) is 12.1 Å². The van der Waals surface area contributed by atoms with Gasteiger partial charge in [0.2, 0.25) is 5.91 Å². The molecule has 0 aliphatic carbocycles. The number of nitrogens with zero attached hydrogens (tertiary/aromatic N) is 3. The maximum absolute atomic E-state index is 12.1. The van der Waals surface area contributed by atoms with Crippen molar-refractivity contribution in [2.45, 2.75) is 20.3 Å². The van der Waals surface area contributed by atoms with Gasteiger partial charge in [0, 0.05) is 34.8 Å². The SMILES string of the molecule is COc1ccc(-n2c(C)cc(/C=N\NC(=O)Cc3ccc([N+](=O)[O-])cc3)c2C)cc1. The number of hydrazone groups is 1. The molecule has 1 amide bonds. The second kappa shape index (κ2) is 9.04. The normalized spacial score (nSPS) is 10.9. The summed E-state index contributed by atoms with van der Waals surface area (Å²) in [5.74, 6) is 0.489. The van der Waals surface area contributed by atoms with E-state index in [0.29, 0.717) is 5.56 Å². The highest BCUT2D eigenvalue weighted by Gasteiger charge is 2.10. The molecule has 0 saturated carbocycles. The Balaban J connectivity index is 1.66. The van der Waals surface area contributed by atoms with Crippen LogP contribution in [0.3, 0.4) is 0 Å². The summed E-state index contributed by atoms with van der Waals surface area (Å²) >= 11 is 0. The second-order valence-corrected chi connectivity index (χ2v) is 6.75. The van der Waals surface area contributed by atoms with Crippen LogP contribution in [0.15, 0.2) is 59.7 Å². The van der Waals surface area contributed by atoms with Crippen molar-refractivity contribution in [3.8, 4) is 11.4 Å². The van der Waals surface area contributed by atoms with Crippen LogP contribution in [0.2, 0.25) is 0 Å². The summed E-state index contributed by atoms with van der Waals surface area (Å²) in [7, 11) is 1.63. The number of non-ortho nitro benzene ring substituents is 1. The zero-order chi connectivity index (χ0) is 21.7. The lowest BCUT2D eigenvalue weighted by Gasteiger charge is -2.10. The molecule has 0 aliphatic rings. The molecule has 0 atom stereocenters. The van der Waals surface area contributed by atoms with Crippen LogP contribution in [0.5, 0.6) is 5.75 Å². The number of carbonyl (C=O) groups is 1. The van der Waals surface area contributed by atoms with Crippen LogP contribution >= 0.6 is 0 Å². The quantitative estimate of drug-likeness (QED) is 0.367. The number of hydrogen-bond acceptors (Lipinski definition) is 5. The molecule has 154 valence electrons. The minimum absolute atomic E-state index is 0.00982. The molecular formula is C22H22N4O4. The van der Waals surface area contributed by atoms with Crippen LogP contribution < -0.4 is 10.2 Å². The molecular weight excluding hydrogens is 384 g/mol. The number of ether oxygens (including phenoxy) is 1. The number of amides is 1. The zero-order valence-corrected chi connectivity index (χ0v) is 17.0. The van der Waals surface area contributed by atoms with Crippen LogP contribution in [0.25, 0.3) is 5.69 Å². The van der Waals surface area contributed by atoms with Gasteiger partial charge in [0.1, 0.15) is 5.75 Å². The van der Waals surface area contributed by atoms with E-state index < -0.39 is 4.92 Å². The summed E-state index contributed by atoms with van der Waals surface area (Å²) in [4.78, 5) is 22.3. The standard InChI is InChI=1S/C22H22N4O4/c1-15-12-18(16(2)25(15)19-8-10-21(30-3)11-9-19)14-23-24-22(27)13-17-4-6-20(7-5-17)26(28)29/h4-12,14H,13H2,1-3H3,(H,24,27)/b23-14-. The Morgan fingerprint density at radius 3 is 2.43 bits per heavy atom. The van der Waals surface area contributed by atoms with Gasteiger partial charge in [0.25, 0.3) is 5.69 Å². The molecule has 0 radical (unpaired) electrons. The molecule has 30 heavy (non-hydrogen) atoms. The molecule has 0 bridgehead atoms. The number of hydrogen-bond donors (Lipinski definition) is 1. The molecule has 3 rings (SSSR count). The van der Waals surface area contributed by atoms with Gasteiger partial charge in [-0.2, -0.15) is 5.10 Å². The Kier molecular flexibility index (Phi) is 6.26. The molecule has 8 heteroatoms. The maximum Gasteiger partial charge on any atom is 0.269 e. The van der Waals surface area contributed by atoms with Gasteiger partial charge < -0.3 is 9.30 Å². The van der Waals surface area contributed by atoms with Crippen LogP contribution in [0, 0.1) is 24.0 Å². The average molecular weight is 406 g/mol. The van der Waals surface area contributed by atoms with Gasteiger partial charge in [0.15, 0.2) is 0 Å². The minimum Gasteiger partial charge on any atom is -0.497 e. The van der Waals surface area contributed by atoms with Crippen molar-refractivity contribution in [2.24, 2.45) is 5.10 Å². The molecule has 0 saturated heterocycles. The Morgan fingerprint density at radius 2 is 1.83 bits per heavy atom. The summed E-state index contributed by atoms with van der Waals surface area (Å²) in [6.07, 6.45) is 1.69. The van der Waals surface area contributed by atoms with Crippen molar-refractivity contribution in [3.63, 3.8) is 0 Å². The molecule has 1 N–H and O–H groups in total. The number of nitro benzene ring substituents is 1. The fraction of sp³-hybridized carbons (Fsp3) is 0.182. The smallest absolute Gasteiger partial charge is 0.269 e. The van der Waals surface area contributed by atoms with Crippen molar-refractivity contribution in [1.29, 1.82) is 0 Å². The Morgan fingerprint density at radius 1 is 1.17 bits per heavy atom. The van der Waals surface area contributed by atoms with Crippen molar-refractivity contribution >= 4 is 17.8 Å². The first-order valence-electron chi connectivity index (χ1n) is 9.27. The van der Waals surface area contributed by atoms with E-state index in [1.54, 1.807) is 25.5 Å². The lowest BCUT2D eigenvalue weighted by Crippen LogP contribution is -2.19. The van der Waals surface area contributed by atoms with E-state index in [-0.39, 0.29) is 18.0 Å². The molecule has 1 aromatic heterocycles. The third-order valence-electron chi connectivity index (χ3n) is 4.71. The Labute approximate surface area is 173 Å². The number of nitro groups is 1. The number of aromatic nitrogens is 1. The van der Waals surface area contributed by atoms with E-state index in [1.807, 2.05) is 44.2 Å². The molecule has 0 unspecified atom stereocenters. The number of aryl methyl sites for hydroxylation is 1. The molecule has 0 fully saturated rings. The number of methoxy groups -OCH3 is 1.